The highest BCUT2D eigenvalue weighted by atomic mass is 16.5. The Morgan fingerprint density at radius 3 is 2.93 bits per heavy atom. The number of hydrogen-bond acceptors (Lipinski definition) is 4. The second kappa shape index (κ2) is 5.67. The summed E-state index contributed by atoms with van der Waals surface area (Å²) in [5.41, 5.74) is 6.44. The normalized spacial score (nSPS) is 12.8. The molecule has 0 aliphatic heterocycles. The second-order valence-electron chi connectivity index (χ2n) is 3.08. The van der Waals surface area contributed by atoms with Crippen LogP contribution in [0.15, 0.2) is 12.3 Å². The Hall–Kier alpha value is -1.00. The number of ether oxygens (including phenoxy) is 1. The molecule has 1 unspecified atom stereocenters. The summed E-state index contributed by atoms with van der Waals surface area (Å²) >= 11 is 0. The van der Waals surface area contributed by atoms with Crippen LogP contribution in [0.2, 0.25) is 0 Å². The lowest BCUT2D eigenvalue weighted by Crippen LogP contribution is -2.10. The number of rotatable bonds is 5. The zero-order valence-electron chi connectivity index (χ0n) is 8.73. The molecular weight excluding hydrogens is 178 g/mol. The molecule has 4 heteroatoms. The third kappa shape index (κ3) is 2.75. The van der Waals surface area contributed by atoms with Crippen molar-refractivity contribution in [3.8, 4) is 0 Å². The van der Waals surface area contributed by atoms with Crippen LogP contribution in [0.4, 0.5) is 0 Å². The smallest absolute Gasteiger partial charge is 0.157 e. The van der Waals surface area contributed by atoms with E-state index in [0.717, 1.165) is 24.4 Å². The summed E-state index contributed by atoms with van der Waals surface area (Å²) in [5, 5.41) is 0. The lowest BCUT2D eigenvalue weighted by molar-refractivity contribution is 0.0924. The van der Waals surface area contributed by atoms with E-state index >= 15 is 0 Å². The number of hydrogen-bond donors (Lipinski definition) is 1. The first kappa shape index (κ1) is 11.1. The highest BCUT2D eigenvalue weighted by Crippen LogP contribution is 2.15. The zero-order valence-corrected chi connectivity index (χ0v) is 8.73. The van der Waals surface area contributed by atoms with Gasteiger partial charge in [0.25, 0.3) is 0 Å². The molecule has 0 bridgehead atoms. The van der Waals surface area contributed by atoms with Gasteiger partial charge in [0.15, 0.2) is 5.82 Å². The second-order valence-corrected chi connectivity index (χ2v) is 3.08. The first-order valence-electron chi connectivity index (χ1n) is 4.86. The molecule has 0 radical (unpaired) electrons. The highest BCUT2D eigenvalue weighted by Gasteiger charge is 2.10. The number of nitrogens with zero attached hydrogens (tertiary/aromatic N) is 2. The lowest BCUT2D eigenvalue weighted by Gasteiger charge is -2.11. The predicted molar refractivity (Wildman–Crippen MR) is 54.8 cm³/mol. The van der Waals surface area contributed by atoms with E-state index < -0.39 is 0 Å². The van der Waals surface area contributed by atoms with Crippen molar-refractivity contribution in [3.63, 3.8) is 0 Å². The molecule has 0 saturated carbocycles. The Kier molecular flexibility index (Phi) is 4.49. The van der Waals surface area contributed by atoms with E-state index in [2.05, 4.69) is 9.97 Å². The fourth-order valence-corrected chi connectivity index (χ4v) is 1.31. The molecule has 4 nitrogen and oxygen atoms in total. The van der Waals surface area contributed by atoms with E-state index in [9.17, 15) is 0 Å². The van der Waals surface area contributed by atoms with Gasteiger partial charge in [0.1, 0.15) is 6.10 Å². The molecule has 0 fully saturated rings. The SMILES string of the molecule is CCC(OC)c1nccc(CCN)n1. The maximum absolute atomic E-state index is 5.46. The third-order valence-corrected chi connectivity index (χ3v) is 2.08. The van der Waals surface area contributed by atoms with Gasteiger partial charge in [-0.25, -0.2) is 9.97 Å². The summed E-state index contributed by atoms with van der Waals surface area (Å²) < 4.78 is 5.26. The van der Waals surface area contributed by atoms with E-state index in [1.807, 2.05) is 13.0 Å². The molecule has 1 aromatic heterocycles. The van der Waals surface area contributed by atoms with Crippen molar-refractivity contribution in [2.24, 2.45) is 5.73 Å². The van der Waals surface area contributed by atoms with Crippen molar-refractivity contribution in [2.75, 3.05) is 13.7 Å². The molecule has 1 atom stereocenters. The molecule has 0 aromatic carbocycles. The van der Waals surface area contributed by atoms with Gasteiger partial charge in [-0.1, -0.05) is 6.92 Å². The summed E-state index contributed by atoms with van der Waals surface area (Å²) in [4.78, 5) is 8.58. The van der Waals surface area contributed by atoms with Crippen molar-refractivity contribution >= 4 is 0 Å². The van der Waals surface area contributed by atoms with E-state index in [1.54, 1.807) is 13.3 Å². The third-order valence-electron chi connectivity index (χ3n) is 2.08. The van der Waals surface area contributed by atoms with E-state index in [0.29, 0.717) is 6.54 Å². The van der Waals surface area contributed by atoms with Crippen LogP contribution in [0.3, 0.4) is 0 Å². The van der Waals surface area contributed by atoms with Crippen molar-refractivity contribution in [1.29, 1.82) is 0 Å². The molecule has 0 aliphatic carbocycles. The Labute approximate surface area is 84.5 Å². The van der Waals surface area contributed by atoms with E-state index in [1.165, 1.54) is 0 Å². The predicted octanol–water partition coefficient (Wildman–Crippen LogP) is 1.08. The molecule has 1 rings (SSSR count). The van der Waals surface area contributed by atoms with Crippen molar-refractivity contribution in [1.82, 2.24) is 9.97 Å². The molecule has 0 amide bonds. The van der Waals surface area contributed by atoms with Gasteiger partial charge in [-0.3, -0.25) is 0 Å². The fourth-order valence-electron chi connectivity index (χ4n) is 1.31. The standard InChI is InChI=1S/C10H17N3O/c1-3-9(14-2)10-12-7-5-8(13-10)4-6-11/h5,7,9H,3-4,6,11H2,1-2H3. The summed E-state index contributed by atoms with van der Waals surface area (Å²) in [6.45, 7) is 2.66. The van der Waals surface area contributed by atoms with Crippen LogP contribution >= 0.6 is 0 Å². The molecule has 1 aromatic rings. The summed E-state index contributed by atoms with van der Waals surface area (Å²) in [6.07, 6.45) is 3.42. The van der Waals surface area contributed by atoms with Gasteiger partial charge in [-0.15, -0.1) is 0 Å². The van der Waals surface area contributed by atoms with Crippen molar-refractivity contribution in [2.45, 2.75) is 25.9 Å². The summed E-state index contributed by atoms with van der Waals surface area (Å²) in [7, 11) is 1.67. The Balaban J connectivity index is 2.81. The van der Waals surface area contributed by atoms with E-state index in [4.69, 9.17) is 10.5 Å². The van der Waals surface area contributed by atoms with Gasteiger partial charge in [-0.05, 0) is 19.0 Å². The van der Waals surface area contributed by atoms with Crippen LogP contribution in [-0.2, 0) is 11.2 Å². The number of methoxy groups -OCH3 is 1. The average Bonchev–Trinajstić information content (AvgIpc) is 2.21. The fraction of sp³-hybridized carbons (Fsp3) is 0.600. The van der Waals surface area contributed by atoms with Crippen LogP contribution in [0.5, 0.6) is 0 Å². The Morgan fingerprint density at radius 1 is 1.57 bits per heavy atom. The molecule has 2 N–H and O–H groups in total. The largest absolute Gasteiger partial charge is 0.373 e. The van der Waals surface area contributed by atoms with Crippen LogP contribution in [-0.4, -0.2) is 23.6 Å². The summed E-state index contributed by atoms with van der Waals surface area (Å²) in [5.74, 6) is 0.751. The molecule has 78 valence electrons. The van der Waals surface area contributed by atoms with Crippen LogP contribution in [0, 0.1) is 0 Å². The first-order valence-corrected chi connectivity index (χ1v) is 4.86. The highest BCUT2D eigenvalue weighted by molar-refractivity contribution is 5.04. The van der Waals surface area contributed by atoms with Crippen LogP contribution in [0.25, 0.3) is 0 Å². The molecule has 0 aliphatic rings. The van der Waals surface area contributed by atoms with Gasteiger partial charge in [0.2, 0.25) is 0 Å². The Bertz CT molecular complexity index is 274. The van der Waals surface area contributed by atoms with Gasteiger partial charge < -0.3 is 10.5 Å². The monoisotopic (exact) mass is 195 g/mol. The van der Waals surface area contributed by atoms with E-state index in [-0.39, 0.29) is 6.10 Å². The summed E-state index contributed by atoms with van der Waals surface area (Å²) in [6, 6.07) is 1.89. The van der Waals surface area contributed by atoms with Gasteiger partial charge in [-0.2, -0.15) is 0 Å². The lowest BCUT2D eigenvalue weighted by atomic mass is 10.2. The maximum Gasteiger partial charge on any atom is 0.157 e. The topological polar surface area (TPSA) is 61.0 Å². The van der Waals surface area contributed by atoms with Crippen molar-refractivity contribution < 1.29 is 4.74 Å². The maximum atomic E-state index is 5.46. The first-order chi connectivity index (χ1) is 6.81. The molecule has 1 heterocycles. The van der Waals surface area contributed by atoms with Crippen LogP contribution in [0.1, 0.15) is 31.0 Å². The zero-order chi connectivity index (χ0) is 10.4. The quantitative estimate of drug-likeness (QED) is 0.763. The average molecular weight is 195 g/mol. The van der Waals surface area contributed by atoms with Gasteiger partial charge in [0.05, 0.1) is 0 Å². The molecule has 14 heavy (non-hydrogen) atoms. The molecule has 0 spiro atoms. The van der Waals surface area contributed by atoms with Gasteiger partial charge in [0, 0.05) is 25.4 Å². The minimum Gasteiger partial charge on any atom is -0.373 e. The van der Waals surface area contributed by atoms with Crippen LogP contribution < -0.4 is 5.73 Å². The number of aromatic nitrogens is 2. The van der Waals surface area contributed by atoms with Gasteiger partial charge >= 0.3 is 0 Å². The minimum atomic E-state index is -0.00674. The Morgan fingerprint density at radius 2 is 2.36 bits per heavy atom. The van der Waals surface area contributed by atoms with Crippen molar-refractivity contribution in [3.05, 3.63) is 23.8 Å². The molecule has 0 saturated heterocycles. The molecular formula is C10H17N3O. The number of nitrogens with two attached hydrogens (primary N) is 1. The minimum absolute atomic E-state index is 0.00674.